The number of ether oxygens (including phenoxy) is 1. The Labute approximate surface area is 84.1 Å². The van der Waals surface area contributed by atoms with Gasteiger partial charge in [0.25, 0.3) is 5.91 Å². The topological polar surface area (TPSA) is 38.3 Å². The minimum Gasteiger partial charge on any atom is -0.497 e. The smallest absolute Gasteiger partial charge is 0.251 e. The summed E-state index contributed by atoms with van der Waals surface area (Å²) in [6.45, 7) is 4.44. The van der Waals surface area contributed by atoms with Crippen LogP contribution in [0.1, 0.15) is 22.8 Å². The van der Waals surface area contributed by atoms with Gasteiger partial charge in [0, 0.05) is 12.1 Å². The number of methoxy groups -OCH3 is 1. The van der Waals surface area contributed by atoms with E-state index < -0.39 is 0 Å². The van der Waals surface area contributed by atoms with E-state index in [0.717, 1.165) is 5.56 Å². The first-order valence-electron chi connectivity index (χ1n) is 4.62. The fraction of sp³-hybridized carbons (Fsp3) is 0.364. The Balaban J connectivity index is 2.99. The van der Waals surface area contributed by atoms with Gasteiger partial charge in [0.05, 0.1) is 7.11 Å². The Morgan fingerprint density at radius 2 is 2.21 bits per heavy atom. The van der Waals surface area contributed by atoms with Gasteiger partial charge in [0.15, 0.2) is 0 Å². The Morgan fingerprint density at radius 3 is 2.79 bits per heavy atom. The molecule has 3 nitrogen and oxygen atoms in total. The molecule has 0 heterocycles. The minimum atomic E-state index is -0.0519. The Hall–Kier alpha value is -1.51. The SMILES string of the molecule is CCNC(=O)c1cc(OC)ccc1C. The largest absolute Gasteiger partial charge is 0.497 e. The van der Waals surface area contributed by atoms with Crippen LogP contribution < -0.4 is 10.1 Å². The second-order valence-electron chi connectivity index (χ2n) is 3.04. The van der Waals surface area contributed by atoms with Crippen LogP contribution in [-0.2, 0) is 0 Å². The summed E-state index contributed by atoms with van der Waals surface area (Å²) in [4.78, 5) is 11.6. The second kappa shape index (κ2) is 4.65. The van der Waals surface area contributed by atoms with Gasteiger partial charge in [-0.3, -0.25) is 4.79 Å². The first kappa shape index (κ1) is 10.6. The summed E-state index contributed by atoms with van der Waals surface area (Å²) in [5.41, 5.74) is 1.63. The normalized spacial score (nSPS) is 9.64. The summed E-state index contributed by atoms with van der Waals surface area (Å²) in [5, 5.41) is 2.76. The van der Waals surface area contributed by atoms with Crippen molar-refractivity contribution in [3.05, 3.63) is 29.3 Å². The molecule has 1 amide bonds. The lowest BCUT2D eigenvalue weighted by molar-refractivity contribution is 0.0955. The molecule has 0 aromatic heterocycles. The van der Waals surface area contributed by atoms with Crippen molar-refractivity contribution in [3.8, 4) is 5.75 Å². The van der Waals surface area contributed by atoms with Gasteiger partial charge in [-0.1, -0.05) is 6.07 Å². The van der Waals surface area contributed by atoms with Crippen molar-refractivity contribution in [2.45, 2.75) is 13.8 Å². The number of benzene rings is 1. The van der Waals surface area contributed by atoms with Crippen molar-refractivity contribution in [3.63, 3.8) is 0 Å². The molecule has 0 aliphatic heterocycles. The molecule has 1 N–H and O–H groups in total. The van der Waals surface area contributed by atoms with E-state index in [9.17, 15) is 4.79 Å². The summed E-state index contributed by atoms with van der Waals surface area (Å²) in [6, 6.07) is 5.47. The molecule has 0 saturated carbocycles. The van der Waals surface area contributed by atoms with E-state index in [2.05, 4.69) is 5.32 Å². The van der Waals surface area contributed by atoms with Crippen LogP contribution in [0.3, 0.4) is 0 Å². The summed E-state index contributed by atoms with van der Waals surface area (Å²) >= 11 is 0. The summed E-state index contributed by atoms with van der Waals surface area (Å²) < 4.78 is 5.06. The number of hydrogen-bond acceptors (Lipinski definition) is 2. The fourth-order valence-corrected chi connectivity index (χ4v) is 1.23. The molecule has 0 aliphatic rings. The highest BCUT2D eigenvalue weighted by Gasteiger charge is 2.08. The van der Waals surface area contributed by atoms with E-state index >= 15 is 0 Å². The average molecular weight is 193 g/mol. The van der Waals surface area contributed by atoms with Crippen LogP contribution >= 0.6 is 0 Å². The number of hydrogen-bond donors (Lipinski definition) is 1. The van der Waals surface area contributed by atoms with Crippen LogP contribution in [0.25, 0.3) is 0 Å². The quantitative estimate of drug-likeness (QED) is 0.794. The van der Waals surface area contributed by atoms with E-state index in [-0.39, 0.29) is 5.91 Å². The zero-order valence-corrected chi connectivity index (χ0v) is 8.76. The molecule has 0 fully saturated rings. The van der Waals surface area contributed by atoms with Crippen LogP contribution in [-0.4, -0.2) is 19.6 Å². The second-order valence-corrected chi connectivity index (χ2v) is 3.04. The molecule has 0 aliphatic carbocycles. The summed E-state index contributed by atoms with van der Waals surface area (Å²) in [6.07, 6.45) is 0. The molecule has 1 rings (SSSR count). The van der Waals surface area contributed by atoms with Crippen molar-refractivity contribution in [1.82, 2.24) is 5.32 Å². The van der Waals surface area contributed by atoms with Crippen LogP contribution in [0.4, 0.5) is 0 Å². The standard InChI is InChI=1S/C11H15NO2/c1-4-12-11(13)10-7-9(14-3)6-5-8(10)2/h5-7H,4H2,1-3H3,(H,12,13). The third-order valence-electron chi connectivity index (χ3n) is 2.03. The maximum Gasteiger partial charge on any atom is 0.251 e. The lowest BCUT2D eigenvalue weighted by Gasteiger charge is -2.07. The van der Waals surface area contributed by atoms with Crippen molar-refractivity contribution >= 4 is 5.91 Å². The maximum atomic E-state index is 11.6. The summed E-state index contributed by atoms with van der Waals surface area (Å²) in [5.74, 6) is 0.653. The van der Waals surface area contributed by atoms with E-state index in [1.54, 1.807) is 13.2 Å². The molecular formula is C11H15NO2. The van der Waals surface area contributed by atoms with Gasteiger partial charge in [0.1, 0.15) is 5.75 Å². The van der Waals surface area contributed by atoms with Gasteiger partial charge in [0.2, 0.25) is 0 Å². The molecule has 76 valence electrons. The minimum absolute atomic E-state index is 0.0519. The van der Waals surface area contributed by atoms with Gasteiger partial charge in [-0.15, -0.1) is 0 Å². The Morgan fingerprint density at radius 1 is 1.50 bits per heavy atom. The number of nitrogens with one attached hydrogen (secondary N) is 1. The highest BCUT2D eigenvalue weighted by molar-refractivity contribution is 5.95. The molecule has 3 heteroatoms. The van der Waals surface area contributed by atoms with Gasteiger partial charge in [-0.2, -0.15) is 0 Å². The third kappa shape index (κ3) is 2.25. The van der Waals surface area contributed by atoms with Crippen molar-refractivity contribution < 1.29 is 9.53 Å². The zero-order chi connectivity index (χ0) is 10.6. The molecule has 0 bridgehead atoms. The number of aryl methyl sites for hydroxylation is 1. The lowest BCUT2D eigenvalue weighted by atomic mass is 10.1. The monoisotopic (exact) mass is 193 g/mol. The van der Waals surface area contributed by atoms with E-state index in [0.29, 0.717) is 17.9 Å². The Kier molecular flexibility index (Phi) is 3.51. The zero-order valence-electron chi connectivity index (χ0n) is 8.76. The fourth-order valence-electron chi connectivity index (χ4n) is 1.23. The van der Waals surface area contributed by atoms with Crippen molar-refractivity contribution in [1.29, 1.82) is 0 Å². The molecule has 14 heavy (non-hydrogen) atoms. The van der Waals surface area contributed by atoms with Gasteiger partial charge in [-0.25, -0.2) is 0 Å². The highest BCUT2D eigenvalue weighted by Crippen LogP contribution is 2.16. The molecule has 1 aromatic rings. The average Bonchev–Trinajstić information content (AvgIpc) is 2.19. The number of carbonyl (C=O) groups is 1. The number of carbonyl (C=O) groups excluding carboxylic acids is 1. The first-order chi connectivity index (χ1) is 6.69. The highest BCUT2D eigenvalue weighted by atomic mass is 16.5. The lowest BCUT2D eigenvalue weighted by Crippen LogP contribution is -2.23. The molecule has 1 aromatic carbocycles. The van der Waals surface area contributed by atoms with Crippen molar-refractivity contribution in [2.75, 3.05) is 13.7 Å². The first-order valence-corrected chi connectivity index (χ1v) is 4.62. The molecule has 0 atom stereocenters. The van der Waals surface area contributed by atoms with Gasteiger partial charge in [-0.05, 0) is 31.5 Å². The van der Waals surface area contributed by atoms with Gasteiger partial charge < -0.3 is 10.1 Å². The van der Waals surface area contributed by atoms with Crippen LogP contribution in [0.5, 0.6) is 5.75 Å². The van der Waals surface area contributed by atoms with Gasteiger partial charge >= 0.3 is 0 Å². The number of rotatable bonds is 3. The molecule has 0 unspecified atom stereocenters. The van der Waals surface area contributed by atoms with Crippen LogP contribution in [0, 0.1) is 6.92 Å². The number of amides is 1. The van der Waals surface area contributed by atoms with Crippen molar-refractivity contribution in [2.24, 2.45) is 0 Å². The molecule has 0 radical (unpaired) electrons. The molecule has 0 saturated heterocycles. The van der Waals surface area contributed by atoms with E-state index in [1.165, 1.54) is 0 Å². The maximum absolute atomic E-state index is 11.6. The Bertz CT molecular complexity index is 334. The van der Waals surface area contributed by atoms with E-state index in [1.807, 2.05) is 26.0 Å². The molecule has 0 spiro atoms. The molecular weight excluding hydrogens is 178 g/mol. The predicted octanol–water partition coefficient (Wildman–Crippen LogP) is 1.75. The van der Waals surface area contributed by atoms with E-state index in [4.69, 9.17) is 4.74 Å². The van der Waals surface area contributed by atoms with Crippen LogP contribution in [0.2, 0.25) is 0 Å². The van der Waals surface area contributed by atoms with Crippen LogP contribution in [0.15, 0.2) is 18.2 Å². The third-order valence-corrected chi connectivity index (χ3v) is 2.03. The predicted molar refractivity (Wildman–Crippen MR) is 55.7 cm³/mol. The summed E-state index contributed by atoms with van der Waals surface area (Å²) in [7, 11) is 1.59.